The predicted octanol–water partition coefficient (Wildman–Crippen LogP) is 1.91. The van der Waals surface area contributed by atoms with Gasteiger partial charge in [0.05, 0.1) is 0 Å². The van der Waals surface area contributed by atoms with Gasteiger partial charge in [-0.2, -0.15) is 0 Å². The quantitative estimate of drug-likeness (QED) is 0.708. The molecule has 2 N–H and O–H groups in total. The average molecular weight is 212 g/mol. The summed E-state index contributed by atoms with van der Waals surface area (Å²) >= 11 is 0. The molecule has 1 amide bonds. The molecule has 0 aliphatic carbocycles. The molecule has 3 heteroatoms. The SMILES string of the molecule is NCCCCCN1CCCCCCC1=O. The summed E-state index contributed by atoms with van der Waals surface area (Å²) < 4.78 is 0. The van der Waals surface area contributed by atoms with E-state index in [2.05, 4.69) is 4.90 Å². The summed E-state index contributed by atoms with van der Waals surface area (Å²) in [4.78, 5) is 13.8. The fourth-order valence-corrected chi connectivity index (χ4v) is 2.08. The Bertz CT molecular complexity index is 182. The first-order chi connectivity index (χ1) is 7.34. The normalized spacial score (nSPS) is 18.7. The Morgan fingerprint density at radius 1 is 1.07 bits per heavy atom. The van der Waals surface area contributed by atoms with E-state index in [-0.39, 0.29) is 0 Å². The Morgan fingerprint density at radius 2 is 1.87 bits per heavy atom. The van der Waals surface area contributed by atoms with Crippen molar-refractivity contribution in [1.29, 1.82) is 0 Å². The number of amides is 1. The molecule has 1 saturated heterocycles. The second-order valence-electron chi connectivity index (χ2n) is 4.39. The van der Waals surface area contributed by atoms with Crippen LogP contribution in [0.25, 0.3) is 0 Å². The standard InChI is InChI=1S/C12H24N2O/c13-9-5-3-7-11-14-10-6-2-1-4-8-12(14)15/h1-11,13H2. The number of unbranched alkanes of at least 4 members (excludes halogenated alkanes) is 2. The predicted molar refractivity (Wildman–Crippen MR) is 62.6 cm³/mol. The third-order valence-electron chi connectivity index (χ3n) is 3.05. The molecule has 1 aliphatic heterocycles. The summed E-state index contributed by atoms with van der Waals surface area (Å²) in [5, 5.41) is 0. The summed E-state index contributed by atoms with van der Waals surface area (Å²) in [6.45, 7) is 2.69. The molecule has 1 rings (SSSR count). The molecule has 15 heavy (non-hydrogen) atoms. The molecular weight excluding hydrogens is 188 g/mol. The van der Waals surface area contributed by atoms with Gasteiger partial charge >= 0.3 is 0 Å². The van der Waals surface area contributed by atoms with Gasteiger partial charge in [0.25, 0.3) is 0 Å². The van der Waals surface area contributed by atoms with Crippen molar-refractivity contribution in [3.63, 3.8) is 0 Å². The molecule has 0 aromatic rings. The lowest BCUT2D eigenvalue weighted by atomic mass is 10.1. The maximum Gasteiger partial charge on any atom is 0.222 e. The Balaban J connectivity index is 2.20. The molecule has 0 atom stereocenters. The molecule has 0 aromatic heterocycles. The van der Waals surface area contributed by atoms with Crippen LogP contribution in [0, 0.1) is 0 Å². The van der Waals surface area contributed by atoms with E-state index in [9.17, 15) is 4.79 Å². The number of hydrogen-bond acceptors (Lipinski definition) is 2. The highest BCUT2D eigenvalue weighted by molar-refractivity contribution is 5.76. The lowest BCUT2D eigenvalue weighted by Crippen LogP contribution is -2.33. The van der Waals surface area contributed by atoms with Gasteiger partial charge < -0.3 is 10.6 Å². The van der Waals surface area contributed by atoms with Crippen LogP contribution in [0.5, 0.6) is 0 Å². The Labute approximate surface area is 93.0 Å². The van der Waals surface area contributed by atoms with Crippen LogP contribution in [0.3, 0.4) is 0 Å². The minimum atomic E-state index is 0.363. The Hall–Kier alpha value is -0.570. The molecule has 1 heterocycles. The fraction of sp³-hybridized carbons (Fsp3) is 0.917. The lowest BCUT2D eigenvalue weighted by Gasteiger charge is -2.24. The highest BCUT2D eigenvalue weighted by Crippen LogP contribution is 2.12. The van der Waals surface area contributed by atoms with E-state index in [1.165, 1.54) is 19.3 Å². The van der Waals surface area contributed by atoms with E-state index in [4.69, 9.17) is 5.73 Å². The summed E-state index contributed by atoms with van der Waals surface area (Å²) in [7, 11) is 0. The zero-order valence-corrected chi connectivity index (χ0v) is 9.71. The number of rotatable bonds is 5. The van der Waals surface area contributed by atoms with Gasteiger partial charge in [-0.25, -0.2) is 0 Å². The van der Waals surface area contributed by atoms with Crippen molar-refractivity contribution in [2.45, 2.75) is 51.4 Å². The summed E-state index contributed by atoms with van der Waals surface area (Å²) in [6, 6.07) is 0. The van der Waals surface area contributed by atoms with Crippen molar-refractivity contribution in [3.8, 4) is 0 Å². The highest BCUT2D eigenvalue weighted by Gasteiger charge is 2.14. The van der Waals surface area contributed by atoms with E-state index in [1.807, 2.05) is 0 Å². The third-order valence-corrected chi connectivity index (χ3v) is 3.05. The smallest absolute Gasteiger partial charge is 0.222 e. The zero-order chi connectivity index (χ0) is 10.9. The number of likely N-dealkylation sites (tertiary alicyclic amines) is 1. The summed E-state index contributed by atoms with van der Waals surface area (Å²) in [6.07, 6.45) is 8.89. The van der Waals surface area contributed by atoms with Crippen LogP contribution in [0.4, 0.5) is 0 Å². The molecule has 88 valence electrons. The molecule has 0 radical (unpaired) electrons. The number of nitrogens with zero attached hydrogens (tertiary/aromatic N) is 1. The number of nitrogens with two attached hydrogens (primary N) is 1. The number of carbonyl (C=O) groups excluding carboxylic acids is 1. The van der Waals surface area contributed by atoms with Gasteiger partial charge in [0.15, 0.2) is 0 Å². The van der Waals surface area contributed by atoms with Crippen LogP contribution in [0.2, 0.25) is 0 Å². The topological polar surface area (TPSA) is 46.3 Å². The molecule has 1 aliphatic rings. The molecule has 3 nitrogen and oxygen atoms in total. The first kappa shape index (κ1) is 12.5. The number of hydrogen-bond donors (Lipinski definition) is 1. The first-order valence-corrected chi connectivity index (χ1v) is 6.32. The second-order valence-corrected chi connectivity index (χ2v) is 4.39. The van der Waals surface area contributed by atoms with Gasteiger partial charge in [0, 0.05) is 19.5 Å². The van der Waals surface area contributed by atoms with Crippen LogP contribution >= 0.6 is 0 Å². The van der Waals surface area contributed by atoms with Crippen molar-refractivity contribution < 1.29 is 4.79 Å². The number of carbonyl (C=O) groups is 1. The maximum absolute atomic E-state index is 11.7. The van der Waals surface area contributed by atoms with Crippen molar-refractivity contribution >= 4 is 5.91 Å². The maximum atomic E-state index is 11.7. The van der Waals surface area contributed by atoms with Crippen LogP contribution < -0.4 is 5.73 Å². The fourth-order valence-electron chi connectivity index (χ4n) is 2.08. The van der Waals surface area contributed by atoms with Crippen LogP contribution in [-0.4, -0.2) is 30.4 Å². The van der Waals surface area contributed by atoms with Crippen molar-refractivity contribution in [2.75, 3.05) is 19.6 Å². The van der Waals surface area contributed by atoms with Gasteiger partial charge in [-0.05, 0) is 32.2 Å². The van der Waals surface area contributed by atoms with Crippen LogP contribution in [0.1, 0.15) is 51.4 Å². The van der Waals surface area contributed by atoms with E-state index in [1.54, 1.807) is 0 Å². The summed E-state index contributed by atoms with van der Waals surface area (Å²) in [5.41, 5.74) is 5.44. The first-order valence-electron chi connectivity index (χ1n) is 6.32. The second kappa shape index (κ2) is 7.69. The van der Waals surface area contributed by atoms with E-state index in [0.29, 0.717) is 5.91 Å². The van der Waals surface area contributed by atoms with Gasteiger partial charge in [-0.15, -0.1) is 0 Å². The van der Waals surface area contributed by atoms with E-state index < -0.39 is 0 Å². The summed E-state index contributed by atoms with van der Waals surface area (Å²) in [5.74, 6) is 0.363. The van der Waals surface area contributed by atoms with Crippen molar-refractivity contribution in [2.24, 2.45) is 5.73 Å². The third kappa shape index (κ3) is 5.17. The van der Waals surface area contributed by atoms with Gasteiger partial charge in [0.2, 0.25) is 5.91 Å². The highest BCUT2D eigenvalue weighted by atomic mass is 16.2. The Morgan fingerprint density at radius 3 is 2.67 bits per heavy atom. The van der Waals surface area contributed by atoms with Gasteiger partial charge in [-0.1, -0.05) is 19.3 Å². The lowest BCUT2D eigenvalue weighted by molar-refractivity contribution is -0.131. The molecule has 0 spiro atoms. The molecule has 1 fully saturated rings. The van der Waals surface area contributed by atoms with Crippen molar-refractivity contribution in [1.82, 2.24) is 4.90 Å². The monoisotopic (exact) mass is 212 g/mol. The molecule has 0 saturated carbocycles. The molecular formula is C12H24N2O. The van der Waals surface area contributed by atoms with Crippen LogP contribution in [0.15, 0.2) is 0 Å². The minimum absolute atomic E-state index is 0.363. The van der Waals surface area contributed by atoms with Crippen LogP contribution in [-0.2, 0) is 4.79 Å². The molecule has 0 aromatic carbocycles. The average Bonchev–Trinajstić information content (AvgIpc) is 2.22. The minimum Gasteiger partial charge on any atom is -0.343 e. The van der Waals surface area contributed by atoms with Gasteiger partial charge in [-0.3, -0.25) is 4.79 Å². The van der Waals surface area contributed by atoms with E-state index in [0.717, 1.165) is 51.7 Å². The molecule has 0 bridgehead atoms. The molecule has 0 unspecified atom stereocenters. The largest absolute Gasteiger partial charge is 0.343 e. The Kier molecular flexibility index (Phi) is 6.41. The van der Waals surface area contributed by atoms with Gasteiger partial charge in [0.1, 0.15) is 0 Å². The van der Waals surface area contributed by atoms with Crippen molar-refractivity contribution in [3.05, 3.63) is 0 Å². The van der Waals surface area contributed by atoms with E-state index >= 15 is 0 Å². The zero-order valence-electron chi connectivity index (χ0n) is 9.71.